The van der Waals surface area contributed by atoms with Gasteiger partial charge in [0.25, 0.3) is 0 Å². The van der Waals surface area contributed by atoms with E-state index in [4.69, 9.17) is 0 Å². The Morgan fingerprint density at radius 3 is 2.71 bits per heavy atom. The molecule has 0 bridgehead atoms. The quantitative estimate of drug-likeness (QED) is 0.807. The van der Waals surface area contributed by atoms with Crippen LogP contribution in [0.2, 0.25) is 0 Å². The SMILES string of the molecule is CC(C)Nc1nnc(SCc2cccc(C(F)(F)F)c2)s1. The molecule has 0 radical (unpaired) electrons. The van der Waals surface area contributed by atoms with Crippen LogP contribution in [0.3, 0.4) is 0 Å². The van der Waals surface area contributed by atoms with Gasteiger partial charge in [0.2, 0.25) is 5.13 Å². The number of nitrogens with zero attached hydrogens (tertiary/aromatic N) is 2. The van der Waals surface area contributed by atoms with Crippen molar-refractivity contribution in [2.75, 3.05) is 5.32 Å². The highest BCUT2D eigenvalue weighted by Crippen LogP contribution is 2.32. The lowest BCUT2D eigenvalue weighted by Crippen LogP contribution is -2.08. The van der Waals surface area contributed by atoms with Gasteiger partial charge in [-0.1, -0.05) is 41.3 Å². The molecule has 1 heterocycles. The van der Waals surface area contributed by atoms with E-state index in [-0.39, 0.29) is 6.04 Å². The molecule has 3 nitrogen and oxygen atoms in total. The van der Waals surface area contributed by atoms with Crippen LogP contribution in [0.4, 0.5) is 18.3 Å². The van der Waals surface area contributed by atoms with Gasteiger partial charge >= 0.3 is 6.18 Å². The van der Waals surface area contributed by atoms with Crippen molar-refractivity contribution in [3.05, 3.63) is 35.4 Å². The molecule has 2 aromatic rings. The Morgan fingerprint density at radius 2 is 2.05 bits per heavy atom. The van der Waals surface area contributed by atoms with Crippen molar-refractivity contribution in [3.63, 3.8) is 0 Å². The molecule has 1 N–H and O–H groups in total. The van der Waals surface area contributed by atoms with Gasteiger partial charge in [0.1, 0.15) is 0 Å². The Labute approximate surface area is 129 Å². The lowest BCUT2D eigenvalue weighted by molar-refractivity contribution is -0.137. The second-order valence-corrected chi connectivity index (χ2v) is 6.86. The van der Waals surface area contributed by atoms with Crippen LogP contribution in [0.1, 0.15) is 25.0 Å². The van der Waals surface area contributed by atoms with Crippen LogP contribution in [-0.4, -0.2) is 16.2 Å². The van der Waals surface area contributed by atoms with E-state index < -0.39 is 11.7 Å². The molecule has 0 spiro atoms. The molecule has 21 heavy (non-hydrogen) atoms. The molecule has 114 valence electrons. The number of nitrogens with one attached hydrogen (secondary N) is 1. The Bertz CT molecular complexity index is 596. The number of thioether (sulfide) groups is 1. The molecule has 1 aromatic carbocycles. The molecule has 0 fully saturated rings. The van der Waals surface area contributed by atoms with Crippen LogP contribution < -0.4 is 5.32 Å². The lowest BCUT2D eigenvalue weighted by Gasteiger charge is -2.07. The molecule has 0 saturated heterocycles. The predicted molar refractivity (Wildman–Crippen MR) is 79.7 cm³/mol. The van der Waals surface area contributed by atoms with Crippen LogP contribution in [0, 0.1) is 0 Å². The Morgan fingerprint density at radius 1 is 1.29 bits per heavy atom. The predicted octanol–water partition coefficient (Wildman–Crippen LogP) is 4.67. The molecule has 1 aromatic heterocycles. The van der Waals surface area contributed by atoms with Crippen LogP contribution in [0.15, 0.2) is 28.6 Å². The van der Waals surface area contributed by atoms with E-state index >= 15 is 0 Å². The number of hydrogen-bond donors (Lipinski definition) is 1. The molecular weight excluding hydrogens is 319 g/mol. The fraction of sp³-hybridized carbons (Fsp3) is 0.385. The van der Waals surface area contributed by atoms with E-state index in [9.17, 15) is 13.2 Å². The third-order valence-electron chi connectivity index (χ3n) is 2.44. The van der Waals surface area contributed by atoms with Gasteiger partial charge in [0.05, 0.1) is 5.56 Å². The summed E-state index contributed by atoms with van der Waals surface area (Å²) in [4.78, 5) is 0. The number of hydrogen-bond acceptors (Lipinski definition) is 5. The third-order valence-corrected chi connectivity index (χ3v) is 4.49. The summed E-state index contributed by atoms with van der Waals surface area (Å²) in [5.74, 6) is 0.431. The second-order valence-electron chi connectivity index (χ2n) is 4.66. The summed E-state index contributed by atoms with van der Waals surface area (Å²) in [5.41, 5.74) is -0.0107. The fourth-order valence-corrected chi connectivity index (χ4v) is 3.40. The maximum Gasteiger partial charge on any atom is 0.416 e. The number of anilines is 1. The van der Waals surface area contributed by atoms with Gasteiger partial charge in [0, 0.05) is 11.8 Å². The minimum atomic E-state index is -4.31. The molecule has 0 aliphatic heterocycles. The minimum Gasteiger partial charge on any atom is -0.358 e. The van der Waals surface area contributed by atoms with Crippen molar-refractivity contribution in [2.24, 2.45) is 0 Å². The van der Waals surface area contributed by atoms with Gasteiger partial charge in [-0.3, -0.25) is 0 Å². The number of rotatable bonds is 5. The summed E-state index contributed by atoms with van der Waals surface area (Å²) in [6.07, 6.45) is -4.31. The molecule has 8 heteroatoms. The van der Waals surface area contributed by atoms with Crippen LogP contribution >= 0.6 is 23.1 Å². The first-order valence-electron chi connectivity index (χ1n) is 6.23. The first kappa shape index (κ1) is 16.1. The second kappa shape index (κ2) is 6.65. The highest BCUT2D eigenvalue weighted by atomic mass is 32.2. The van der Waals surface area contributed by atoms with Gasteiger partial charge in [-0.2, -0.15) is 13.2 Å². The lowest BCUT2D eigenvalue weighted by atomic mass is 10.1. The van der Waals surface area contributed by atoms with Crippen LogP contribution in [0.25, 0.3) is 0 Å². The molecule has 0 unspecified atom stereocenters. The minimum absolute atomic E-state index is 0.263. The first-order chi connectivity index (χ1) is 9.84. The zero-order valence-corrected chi connectivity index (χ0v) is 13.1. The Hall–Kier alpha value is -1.28. The van der Waals surface area contributed by atoms with Crippen LogP contribution in [-0.2, 0) is 11.9 Å². The smallest absolute Gasteiger partial charge is 0.358 e. The van der Waals surface area contributed by atoms with E-state index in [0.29, 0.717) is 11.3 Å². The Balaban J connectivity index is 1.98. The van der Waals surface area contributed by atoms with Gasteiger partial charge in [0.15, 0.2) is 4.34 Å². The topological polar surface area (TPSA) is 37.8 Å². The van der Waals surface area contributed by atoms with E-state index in [1.165, 1.54) is 35.2 Å². The third kappa shape index (κ3) is 4.89. The highest BCUT2D eigenvalue weighted by Gasteiger charge is 2.30. The van der Waals surface area contributed by atoms with Gasteiger partial charge in [-0.05, 0) is 25.5 Å². The molecule has 2 rings (SSSR count). The van der Waals surface area contributed by atoms with Crippen molar-refractivity contribution < 1.29 is 13.2 Å². The van der Waals surface area contributed by atoms with E-state index in [1.54, 1.807) is 6.07 Å². The normalized spacial score (nSPS) is 11.9. The van der Waals surface area contributed by atoms with Crippen molar-refractivity contribution in [2.45, 2.75) is 36.2 Å². The number of halogens is 3. The van der Waals surface area contributed by atoms with Crippen molar-refractivity contribution in [1.82, 2.24) is 10.2 Å². The van der Waals surface area contributed by atoms with E-state index in [0.717, 1.165) is 15.5 Å². The van der Waals surface area contributed by atoms with Crippen molar-refractivity contribution in [1.29, 1.82) is 0 Å². The largest absolute Gasteiger partial charge is 0.416 e. The van der Waals surface area contributed by atoms with Crippen molar-refractivity contribution in [3.8, 4) is 0 Å². The maximum atomic E-state index is 12.6. The first-order valence-corrected chi connectivity index (χ1v) is 8.04. The highest BCUT2D eigenvalue weighted by molar-refractivity contribution is 8.00. The summed E-state index contributed by atoms with van der Waals surface area (Å²) in [7, 11) is 0. The monoisotopic (exact) mass is 333 g/mol. The average molecular weight is 333 g/mol. The summed E-state index contributed by atoms with van der Waals surface area (Å²) in [6.45, 7) is 3.99. The van der Waals surface area contributed by atoms with Gasteiger partial charge in [-0.15, -0.1) is 10.2 Å². The summed E-state index contributed by atoms with van der Waals surface area (Å²) < 4.78 is 38.6. The molecule has 0 aliphatic carbocycles. The summed E-state index contributed by atoms with van der Waals surface area (Å²) >= 11 is 2.78. The molecule has 0 aliphatic rings. The van der Waals surface area contributed by atoms with Crippen LogP contribution in [0.5, 0.6) is 0 Å². The molecule has 0 amide bonds. The van der Waals surface area contributed by atoms with E-state index in [1.807, 2.05) is 13.8 Å². The van der Waals surface area contributed by atoms with Gasteiger partial charge < -0.3 is 5.32 Å². The number of alkyl halides is 3. The maximum absolute atomic E-state index is 12.6. The standard InChI is InChI=1S/C13H14F3N3S2/c1-8(2)17-11-18-19-12(21-11)20-7-9-4-3-5-10(6-9)13(14,15)16/h3-6,8H,7H2,1-2H3,(H,17,18). The summed E-state index contributed by atoms with van der Waals surface area (Å²) in [6, 6.07) is 5.60. The number of benzene rings is 1. The zero-order valence-electron chi connectivity index (χ0n) is 11.4. The fourth-order valence-electron chi connectivity index (χ4n) is 1.56. The Kier molecular flexibility index (Phi) is 5.10. The molecular formula is C13H14F3N3S2. The number of aromatic nitrogens is 2. The molecule has 0 atom stereocenters. The van der Waals surface area contributed by atoms with Gasteiger partial charge in [-0.25, -0.2) is 0 Å². The summed E-state index contributed by atoms with van der Waals surface area (Å²) in [5, 5.41) is 11.8. The average Bonchev–Trinajstić information content (AvgIpc) is 2.82. The molecule has 0 saturated carbocycles. The van der Waals surface area contributed by atoms with E-state index in [2.05, 4.69) is 15.5 Å². The van der Waals surface area contributed by atoms with Crippen molar-refractivity contribution >= 4 is 28.2 Å². The zero-order chi connectivity index (χ0) is 15.5.